The van der Waals surface area contributed by atoms with Crippen molar-refractivity contribution in [2.75, 3.05) is 7.11 Å². The smallest absolute Gasteiger partial charge is 0.279 e. The summed E-state index contributed by atoms with van der Waals surface area (Å²) in [6, 6.07) is 11.3. The van der Waals surface area contributed by atoms with E-state index in [0.29, 0.717) is 38.5 Å². The Labute approximate surface area is 156 Å². The largest absolute Gasteiger partial charge is 0.496 e. The summed E-state index contributed by atoms with van der Waals surface area (Å²) >= 11 is 9.47. The van der Waals surface area contributed by atoms with Gasteiger partial charge in [-0.25, -0.2) is 9.49 Å². The first-order valence-corrected chi connectivity index (χ1v) is 8.52. The highest BCUT2D eigenvalue weighted by Gasteiger charge is 2.18. The van der Waals surface area contributed by atoms with Crippen molar-refractivity contribution in [1.29, 1.82) is 0 Å². The molecule has 3 aromatic rings. The van der Waals surface area contributed by atoms with Crippen LogP contribution in [-0.2, 0) is 6.42 Å². The zero-order valence-electron chi connectivity index (χ0n) is 13.1. The highest BCUT2D eigenvalue weighted by molar-refractivity contribution is 9.10. The van der Waals surface area contributed by atoms with Crippen LogP contribution >= 0.6 is 27.5 Å². The van der Waals surface area contributed by atoms with Crippen LogP contribution in [0.4, 0.5) is 4.39 Å². The van der Waals surface area contributed by atoms with Crippen molar-refractivity contribution in [3.8, 4) is 16.9 Å². The molecule has 4 nitrogen and oxygen atoms in total. The monoisotopic (exact) mass is 422 g/mol. The second-order valence-corrected chi connectivity index (χ2v) is 6.57. The van der Waals surface area contributed by atoms with Crippen LogP contribution in [0.2, 0.25) is 5.02 Å². The van der Waals surface area contributed by atoms with E-state index in [1.165, 1.54) is 12.1 Å². The average molecular weight is 424 g/mol. The lowest BCUT2D eigenvalue weighted by Gasteiger charge is -2.14. The Balaban J connectivity index is 2.18. The fourth-order valence-electron chi connectivity index (χ4n) is 2.54. The quantitative estimate of drug-likeness (QED) is 0.668. The minimum atomic E-state index is -0.361. The first-order chi connectivity index (χ1) is 12.0. The lowest BCUT2D eigenvalue weighted by atomic mass is 9.99. The van der Waals surface area contributed by atoms with Gasteiger partial charge in [0.25, 0.3) is 5.56 Å². The van der Waals surface area contributed by atoms with Gasteiger partial charge in [0.2, 0.25) is 0 Å². The molecule has 0 fully saturated rings. The van der Waals surface area contributed by atoms with Crippen molar-refractivity contribution in [2.45, 2.75) is 6.42 Å². The molecule has 1 heterocycles. The lowest BCUT2D eigenvalue weighted by molar-refractivity contribution is 0.416. The summed E-state index contributed by atoms with van der Waals surface area (Å²) in [5.74, 6) is 0.258. The van der Waals surface area contributed by atoms with Crippen molar-refractivity contribution in [1.82, 2.24) is 10.2 Å². The summed E-state index contributed by atoms with van der Waals surface area (Å²) in [4.78, 5) is 12.1. The number of nitrogens with one attached hydrogen (secondary N) is 1. The van der Waals surface area contributed by atoms with Crippen molar-refractivity contribution in [3.63, 3.8) is 0 Å². The van der Waals surface area contributed by atoms with Gasteiger partial charge in [-0.2, -0.15) is 5.10 Å². The third-order valence-electron chi connectivity index (χ3n) is 3.72. The summed E-state index contributed by atoms with van der Waals surface area (Å²) in [6.45, 7) is 0. The number of aromatic amines is 1. The molecule has 3 rings (SSSR count). The minimum absolute atomic E-state index is 0.309. The molecule has 0 amide bonds. The fourth-order valence-corrected chi connectivity index (χ4v) is 3.24. The van der Waals surface area contributed by atoms with Gasteiger partial charge in [0, 0.05) is 22.6 Å². The molecule has 0 atom stereocenters. The van der Waals surface area contributed by atoms with E-state index >= 15 is 0 Å². The second-order valence-electron chi connectivity index (χ2n) is 5.34. The lowest BCUT2D eigenvalue weighted by Crippen LogP contribution is -2.14. The Kier molecular flexibility index (Phi) is 5.20. The van der Waals surface area contributed by atoms with Crippen LogP contribution < -0.4 is 10.3 Å². The van der Waals surface area contributed by atoms with E-state index in [0.717, 1.165) is 5.56 Å². The molecular weight excluding hydrogens is 411 g/mol. The number of rotatable bonds is 4. The van der Waals surface area contributed by atoms with Gasteiger partial charge >= 0.3 is 0 Å². The molecule has 0 spiro atoms. The number of aromatic nitrogens is 2. The number of benzene rings is 2. The van der Waals surface area contributed by atoms with Gasteiger partial charge in [-0.3, -0.25) is 4.79 Å². The molecule has 0 saturated heterocycles. The Hall–Kier alpha value is -2.18. The summed E-state index contributed by atoms with van der Waals surface area (Å²) in [5, 5.41) is 7.15. The van der Waals surface area contributed by atoms with Crippen LogP contribution in [0.25, 0.3) is 11.1 Å². The Morgan fingerprint density at radius 2 is 1.96 bits per heavy atom. The van der Waals surface area contributed by atoms with Crippen LogP contribution in [0.5, 0.6) is 5.75 Å². The van der Waals surface area contributed by atoms with Crippen LogP contribution in [0.15, 0.2) is 51.7 Å². The first-order valence-electron chi connectivity index (χ1n) is 7.35. The van der Waals surface area contributed by atoms with Crippen molar-refractivity contribution >= 4 is 27.5 Å². The first kappa shape index (κ1) is 17.6. The van der Waals surface area contributed by atoms with E-state index < -0.39 is 0 Å². The molecule has 0 aliphatic rings. The molecule has 0 aliphatic heterocycles. The van der Waals surface area contributed by atoms with Gasteiger partial charge in [-0.05, 0) is 51.8 Å². The summed E-state index contributed by atoms with van der Waals surface area (Å²) in [7, 11) is 1.54. The molecule has 128 valence electrons. The van der Waals surface area contributed by atoms with E-state index in [9.17, 15) is 9.18 Å². The van der Waals surface area contributed by atoms with Crippen LogP contribution in [0, 0.1) is 5.82 Å². The van der Waals surface area contributed by atoms with Crippen LogP contribution in [0.1, 0.15) is 11.3 Å². The maximum Gasteiger partial charge on any atom is 0.279 e. The third kappa shape index (κ3) is 3.75. The van der Waals surface area contributed by atoms with E-state index in [2.05, 4.69) is 26.1 Å². The van der Waals surface area contributed by atoms with Gasteiger partial charge in [0.1, 0.15) is 11.6 Å². The molecule has 25 heavy (non-hydrogen) atoms. The molecule has 2 aromatic carbocycles. The zero-order valence-corrected chi connectivity index (χ0v) is 15.5. The molecule has 0 saturated carbocycles. The molecule has 0 radical (unpaired) electrons. The van der Waals surface area contributed by atoms with Crippen LogP contribution in [0.3, 0.4) is 0 Å². The Morgan fingerprint density at radius 1 is 1.24 bits per heavy atom. The highest BCUT2D eigenvalue weighted by atomic mass is 79.9. The Morgan fingerprint density at radius 3 is 2.64 bits per heavy atom. The number of hydrogen-bond acceptors (Lipinski definition) is 3. The van der Waals surface area contributed by atoms with E-state index in [1.54, 1.807) is 37.4 Å². The summed E-state index contributed by atoms with van der Waals surface area (Å²) in [6.07, 6.45) is 0.403. The predicted molar refractivity (Wildman–Crippen MR) is 98.8 cm³/mol. The normalized spacial score (nSPS) is 10.7. The van der Waals surface area contributed by atoms with Crippen molar-refractivity contribution < 1.29 is 9.13 Å². The third-order valence-corrected chi connectivity index (χ3v) is 4.71. The number of nitrogens with zero attached hydrogens (tertiary/aromatic N) is 1. The number of halogens is 3. The molecular formula is C18H13BrClFN2O2. The van der Waals surface area contributed by atoms with Crippen molar-refractivity contribution in [3.05, 3.63) is 79.4 Å². The van der Waals surface area contributed by atoms with Crippen LogP contribution in [-0.4, -0.2) is 17.3 Å². The van der Waals surface area contributed by atoms with Gasteiger partial charge in [0.05, 0.1) is 17.3 Å². The number of methoxy groups -OCH3 is 1. The summed E-state index contributed by atoms with van der Waals surface area (Å²) in [5.41, 5.74) is 2.35. The minimum Gasteiger partial charge on any atom is -0.496 e. The van der Waals surface area contributed by atoms with E-state index in [1.807, 2.05) is 0 Å². The molecule has 7 heteroatoms. The maximum atomic E-state index is 13.1. The van der Waals surface area contributed by atoms with E-state index in [4.69, 9.17) is 16.3 Å². The van der Waals surface area contributed by atoms with Gasteiger partial charge in [-0.15, -0.1) is 0 Å². The molecule has 1 aromatic heterocycles. The van der Waals surface area contributed by atoms with Gasteiger partial charge < -0.3 is 4.74 Å². The zero-order chi connectivity index (χ0) is 18.0. The van der Waals surface area contributed by atoms with Crippen molar-refractivity contribution in [2.24, 2.45) is 0 Å². The van der Waals surface area contributed by atoms with E-state index in [-0.39, 0.29) is 11.4 Å². The topological polar surface area (TPSA) is 55.0 Å². The second kappa shape index (κ2) is 7.37. The number of ether oxygens (including phenoxy) is 1. The molecule has 0 aliphatic carbocycles. The number of H-pyrrole nitrogens is 1. The molecule has 1 N–H and O–H groups in total. The number of hydrogen-bond donors (Lipinski definition) is 1. The standard InChI is InChI=1S/C18H13BrClFN2O2/c1-25-15-7-4-11(20)9-13(15)16-14(22-23-18(24)17(16)19)8-10-2-5-12(21)6-3-10/h2-7,9H,8H2,1H3,(H,23,24). The summed E-state index contributed by atoms with van der Waals surface area (Å²) < 4.78 is 18.9. The Bertz CT molecular complexity index is 974. The maximum absolute atomic E-state index is 13.1. The fraction of sp³-hybridized carbons (Fsp3) is 0.111. The van der Waals surface area contributed by atoms with Gasteiger partial charge in [-0.1, -0.05) is 23.7 Å². The molecule has 0 unspecified atom stereocenters. The van der Waals surface area contributed by atoms with Gasteiger partial charge in [0.15, 0.2) is 0 Å². The average Bonchev–Trinajstić information content (AvgIpc) is 2.60. The predicted octanol–water partition coefficient (Wildman–Crippen LogP) is 4.59. The highest BCUT2D eigenvalue weighted by Crippen LogP contribution is 2.37. The SMILES string of the molecule is COc1ccc(Cl)cc1-c1c(Cc2ccc(F)cc2)n[nH]c(=O)c1Br. The molecule has 0 bridgehead atoms.